The van der Waals surface area contributed by atoms with Crippen LogP contribution in [0.2, 0.25) is 0 Å². The first kappa shape index (κ1) is 27.1. The Balaban J connectivity index is 0.806. The van der Waals surface area contributed by atoms with E-state index in [9.17, 15) is 19.2 Å². The van der Waals surface area contributed by atoms with Crippen molar-refractivity contribution in [2.75, 3.05) is 19.9 Å². The van der Waals surface area contributed by atoms with Crippen LogP contribution >= 0.6 is 0 Å². The summed E-state index contributed by atoms with van der Waals surface area (Å²) in [5, 5.41) is 6.15. The van der Waals surface area contributed by atoms with E-state index in [1.54, 1.807) is 0 Å². The number of carbonyl (C=O) groups excluding carboxylic acids is 4. The molecule has 8 nitrogen and oxygen atoms in total. The lowest BCUT2D eigenvalue weighted by atomic mass is 9.49. The number of nitrogens with one attached hydrogen (secondary N) is 2. The van der Waals surface area contributed by atoms with Gasteiger partial charge in [-0.15, -0.1) is 0 Å². The lowest BCUT2D eigenvalue weighted by Crippen LogP contribution is -2.51. The zero-order valence-electron chi connectivity index (χ0n) is 23.3. The highest BCUT2D eigenvalue weighted by atomic mass is 16.7. The van der Waals surface area contributed by atoms with Crippen LogP contribution in [0.5, 0.6) is 0 Å². The summed E-state index contributed by atoms with van der Waals surface area (Å²) in [4.78, 5) is 48.7. The highest BCUT2D eigenvalue weighted by Crippen LogP contribution is 2.60. The van der Waals surface area contributed by atoms with Gasteiger partial charge in [-0.3, -0.25) is 19.2 Å². The van der Waals surface area contributed by atoms with Crippen molar-refractivity contribution >= 4 is 23.8 Å². The summed E-state index contributed by atoms with van der Waals surface area (Å²) in [6.45, 7) is 0.956. The number of ether oxygens (including phenoxy) is 2. The smallest absolute Gasteiger partial charge is 0.309 e. The molecule has 2 N–H and O–H groups in total. The fraction of sp³-hybridized carbons (Fsp3) is 0.871. The molecule has 0 saturated heterocycles. The Morgan fingerprint density at radius 3 is 1.13 bits per heavy atom. The molecule has 0 heterocycles. The molecule has 8 rings (SSSR count). The molecule has 8 fully saturated rings. The van der Waals surface area contributed by atoms with E-state index in [0.717, 1.165) is 48.6 Å². The van der Waals surface area contributed by atoms with Gasteiger partial charge in [-0.25, -0.2) is 0 Å². The Morgan fingerprint density at radius 2 is 0.821 bits per heavy atom. The average Bonchev–Trinajstić information content (AvgIpc) is 2.87. The molecule has 0 aromatic carbocycles. The van der Waals surface area contributed by atoms with Crippen molar-refractivity contribution in [3.05, 3.63) is 0 Å². The van der Waals surface area contributed by atoms with E-state index in [2.05, 4.69) is 10.6 Å². The monoisotopic (exact) mass is 542 g/mol. The van der Waals surface area contributed by atoms with Gasteiger partial charge in [0.2, 0.25) is 18.6 Å². The van der Waals surface area contributed by atoms with Gasteiger partial charge in [-0.2, -0.15) is 0 Å². The normalized spacial score (nSPS) is 38.9. The summed E-state index contributed by atoms with van der Waals surface area (Å²) in [5.41, 5.74) is 0.537. The van der Waals surface area contributed by atoms with Crippen LogP contribution in [0, 0.1) is 46.3 Å². The number of hydrogen-bond donors (Lipinski definition) is 2. The second-order valence-corrected chi connectivity index (χ2v) is 14.5. The Labute approximate surface area is 232 Å². The molecule has 8 bridgehead atoms. The molecular formula is C31H46N2O6. The minimum atomic E-state index is -0.568. The molecule has 216 valence electrons. The van der Waals surface area contributed by atoms with Gasteiger partial charge < -0.3 is 20.1 Å². The molecule has 0 spiro atoms. The van der Waals surface area contributed by atoms with Gasteiger partial charge in [-0.1, -0.05) is 0 Å². The van der Waals surface area contributed by atoms with Crippen molar-refractivity contribution in [2.24, 2.45) is 46.3 Å². The number of rotatable bonds is 12. The lowest BCUT2D eigenvalue weighted by molar-refractivity contribution is -0.168. The van der Waals surface area contributed by atoms with Crippen molar-refractivity contribution in [3.8, 4) is 0 Å². The summed E-state index contributed by atoms with van der Waals surface area (Å²) in [6.07, 6.45) is 15.7. The topological polar surface area (TPSA) is 111 Å². The zero-order chi connectivity index (χ0) is 27.0. The molecule has 8 aliphatic rings. The maximum absolute atomic E-state index is 12.4. The first-order valence-corrected chi connectivity index (χ1v) is 15.6. The summed E-state index contributed by atoms with van der Waals surface area (Å²) in [5.74, 6) is 3.65. The van der Waals surface area contributed by atoms with Crippen LogP contribution in [0.3, 0.4) is 0 Å². The molecule has 0 aromatic heterocycles. The number of carbonyl (C=O) groups is 4. The highest BCUT2D eigenvalue weighted by molar-refractivity contribution is 5.82. The maximum Gasteiger partial charge on any atom is 0.309 e. The third-order valence-electron chi connectivity index (χ3n) is 11.2. The van der Waals surface area contributed by atoms with Crippen molar-refractivity contribution in [2.45, 2.75) is 103 Å². The minimum Gasteiger partial charge on any atom is -0.428 e. The second-order valence-electron chi connectivity index (χ2n) is 14.5. The van der Waals surface area contributed by atoms with Gasteiger partial charge in [0, 0.05) is 25.9 Å². The van der Waals surface area contributed by atoms with Gasteiger partial charge in [0.15, 0.2) is 0 Å². The van der Waals surface area contributed by atoms with Crippen molar-refractivity contribution in [1.29, 1.82) is 0 Å². The van der Waals surface area contributed by atoms with Crippen LogP contribution < -0.4 is 10.6 Å². The van der Waals surface area contributed by atoms with E-state index in [0.29, 0.717) is 0 Å². The third-order valence-corrected chi connectivity index (χ3v) is 11.2. The van der Waals surface area contributed by atoms with Crippen LogP contribution in [0.15, 0.2) is 0 Å². The number of amides is 2. The standard InChI is InChI=1S/C31H46N2O6/c34-26(32-17-30-11-20-5-21(12-30)7-22(6-20)13-30)1-3-28(36)38-19-39-29(37)4-2-27(35)33-18-31-14-23-8-24(15-31)10-25(9-23)16-31/h20-25H,1-19H2,(H,32,34)(H,33,35). The third kappa shape index (κ3) is 6.45. The molecule has 0 aromatic rings. The number of esters is 2. The second kappa shape index (κ2) is 11.0. The quantitative estimate of drug-likeness (QED) is 0.282. The van der Waals surface area contributed by atoms with E-state index in [4.69, 9.17) is 9.47 Å². The first-order chi connectivity index (χ1) is 18.8. The van der Waals surface area contributed by atoms with E-state index >= 15 is 0 Å². The predicted octanol–water partition coefficient (Wildman–Crippen LogP) is 4.26. The van der Waals surface area contributed by atoms with Gasteiger partial charge in [0.1, 0.15) is 0 Å². The number of hydrogen-bond acceptors (Lipinski definition) is 6. The fourth-order valence-corrected chi connectivity index (χ4v) is 10.5. The summed E-state index contributed by atoms with van der Waals surface area (Å²) in [6, 6.07) is 0. The maximum atomic E-state index is 12.4. The lowest BCUT2D eigenvalue weighted by Gasteiger charge is -2.56. The summed E-state index contributed by atoms with van der Waals surface area (Å²) < 4.78 is 9.94. The van der Waals surface area contributed by atoms with Gasteiger partial charge in [-0.05, 0) is 123 Å². The van der Waals surface area contributed by atoms with Crippen LogP contribution in [0.25, 0.3) is 0 Å². The van der Waals surface area contributed by atoms with E-state index < -0.39 is 18.7 Å². The van der Waals surface area contributed by atoms with Crippen LogP contribution in [0.1, 0.15) is 103 Å². The van der Waals surface area contributed by atoms with E-state index in [1.165, 1.54) is 77.0 Å². The van der Waals surface area contributed by atoms with Crippen LogP contribution in [-0.2, 0) is 28.7 Å². The molecule has 39 heavy (non-hydrogen) atoms. The van der Waals surface area contributed by atoms with Crippen molar-refractivity contribution in [1.82, 2.24) is 10.6 Å². The highest BCUT2D eigenvalue weighted by Gasteiger charge is 2.51. The molecule has 8 aliphatic carbocycles. The SMILES string of the molecule is O=C(CCC(=O)OCOC(=O)CCC(=O)NCC12CC3CC(CC(C3)C1)C2)NCC12CC3CC(CC(C3)C1)C2. The molecule has 0 atom stereocenters. The molecule has 8 heteroatoms. The Kier molecular flexibility index (Phi) is 7.66. The fourth-order valence-electron chi connectivity index (χ4n) is 10.5. The molecule has 0 radical (unpaired) electrons. The predicted molar refractivity (Wildman–Crippen MR) is 143 cm³/mol. The summed E-state index contributed by atoms with van der Waals surface area (Å²) in [7, 11) is 0. The molecule has 8 saturated carbocycles. The van der Waals surface area contributed by atoms with Crippen molar-refractivity contribution < 1.29 is 28.7 Å². The van der Waals surface area contributed by atoms with Crippen LogP contribution in [0.4, 0.5) is 0 Å². The zero-order valence-corrected chi connectivity index (χ0v) is 23.3. The largest absolute Gasteiger partial charge is 0.428 e. The Morgan fingerprint density at radius 1 is 0.513 bits per heavy atom. The minimum absolute atomic E-state index is 0.0447. The summed E-state index contributed by atoms with van der Waals surface area (Å²) >= 11 is 0. The molecule has 0 unspecified atom stereocenters. The Bertz CT molecular complexity index is 830. The average molecular weight is 543 g/mol. The van der Waals surface area contributed by atoms with Crippen LogP contribution in [-0.4, -0.2) is 43.6 Å². The van der Waals surface area contributed by atoms with E-state index in [1.807, 2.05) is 0 Å². The first-order valence-electron chi connectivity index (χ1n) is 15.6. The van der Waals surface area contributed by atoms with Crippen molar-refractivity contribution in [3.63, 3.8) is 0 Å². The Hall–Kier alpha value is -2.12. The van der Waals surface area contributed by atoms with Gasteiger partial charge in [0.05, 0.1) is 12.8 Å². The van der Waals surface area contributed by atoms with Gasteiger partial charge >= 0.3 is 11.9 Å². The van der Waals surface area contributed by atoms with E-state index in [-0.39, 0.29) is 48.3 Å². The van der Waals surface area contributed by atoms with Gasteiger partial charge in [0.25, 0.3) is 0 Å². The molecular weight excluding hydrogens is 496 g/mol. The molecule has 0 aliphatic heterocycles. The molecule has 2 amide bonds.